The highest BCUT2D eigenvalue weighted by Crippen LogP contribution is 2.34. The van der Waals surface area contributed by atoms with Gasteiger partial charge in [-0.2, -0.15) is 26.3 Å². The van der Waals surface area contributed by atoms with Gasteiger partial charge in [-0.05, 0) is 44.2 Å². The van der Waals surface area contributed by atoms with Crippen LogP contribution in [0.4, 0.5) is 26.3 Å². The van der Waals surface area contributed by atoms with Crippen molar-refractivity contribution < 1.29 is 55.3 Å². The maximum absolute atomic E-state index is 10.6. The largest absolute Gasteiger partial charge is 0.490 e. The highest BCUT2D eigenvalue weighted by molar-refractivity contribution is 5.73. The Morgan fingerprint density at radius 1 is 0.949 bits per heavy atom. The van der Waals surface area contributed by atoms with Crippen LogP contribution in [-0.2, 0) is 27.4 Å². The second-order valence-electron chi connectivity index (χ2n) is 9.18. The van der Waals surface area contributed by atoms with E-state index in [0.29, 0.717) is 0 Å². The van der Waals surface area contributed by atoms with E-state index in [1.54, 1.807) is 6.26 Å². The van der Waals surface area contributed by atoms with E-state index in [1.807, 2.05) is 6.07 Å². The van der Waals surface area contributed by atoms with Crippen molar-refractivity contribution in [2.24, 2.45) is 5.41 Å². The average Bonchev–Trinajstić information content (AvgIpc) is 3.42. The quantitative estimate of drug-likeness (QED) is 0.528. The standard InChI is InChI=1S/C20H27N3O2.2C2HF3O2/c1-17-4-2-5-18(21-17)12-23-9-11-24-16-20(15-23)7-8-22(14-20)13-19-6-3-10-25-19;2*3-2(4,5)1(6)7/h2-6,10H,7-9,11-16H2,1H3;2*(H,6,7). The van der Waals surface area contributed by atoms with Gasteiger partial charge in [-0.1, -0.05) is 6.07 Å². The van der Waals surface area contributed by atoms with E-state index in [2.05, 4.69) is 46.0 Å². The van der Waals surface area contributed by atoms with Crippen molar-refractivity contribution in [1.29, 1.82) is 0 Å². The third kappa shape index (κ3) is 11.2. The fourth-order valence-electron chi connectivity index (χ4n) is 4.17. The van der Waals surface area contributed by atoms with Crippen molar-refractivity contribution >= 4 is 11.9 Å². The van der Waals surface area contributed by atoms with Gasteiger partial charge < -0.3 is 19.4 Å². The first-order chi connectivity index (χ1) is 18.1. The van der Waals surface area contributed by atoms with Gasteiger partial charge in [0.05, 0.1) is 31.7 Å². The molecule has 218 valence electrons. The molecule has 2 aliphatic rings. The summed E-state index contributed by atoms with van der Waals surface area (Å²) in [6.07, 6.45) is -7.22. The molecule has 2 aliphatic heterocycles. The topological polar surface area (TPSA) is 116 Å². The Morgan fingerprint density at radius 3 is 2.05 bits per heavy atom. The highest BCUT2D eigenvalue weighted by atomic mass is 19.4. The van der Waals surface area contributed by atoms with Gasteiger partial charge in [0.25, 0.3) is 0 Å². The van der Waals surface area contributed by atoms with Crippen molar-refractivity contribution in [3.63, 3.8) is 0 Å². The molecule has 1 spiro atoms. The minimum atomic E-state index is -5.08. The van der Waals surface area contributed by atoms with Gasteiger partial charge in [-0.15, -0.1) is 0 Å². The molecule has 0 radical (unpaired) electrons. The molecule has 0 amide bonds. The molecule has 0 aliphatic carbocycles. The molecule has 4 rings (SSSR count). The molecule has 2 N–H and O–H groups in total. The number of ether oxygens (including phenoxy) is 1. The van der Waals surface area contributed by atoms with Gasteiger partial charge in [0.15, 0.2) is 0 Å². The molecular formula is C24H29F6N3O6. The Labute approximate surface area is 220 Å². The van der Waals surface area contributed by atoms with Gasteiger partial charge in [0.2, 0.25) is 0 Å². The molecule has 2 aromatic rings. The van der Waals surface area contributed by atoms with E-state index in [9.17, 15) is 26.3 Å². The van der Waals surface area contributed by atoms with Gasteiger partial charge in [0.1, 0.15) is 5.76 Å². The second kappa shape index (κ2) is 13.8. The number of aliphatic carboxylic acids is 2. The normalized spacial score (nSPS) is 20.4. The van der Waals surface area contributed by atoms with Crippen molar-refractivity contribution in [3.05, 3.63) is 53.7 Å². The third-order valence-electron chi connectivity index (χ3n) is 5.81. The number of aromatic nitrogens is 1. The van der Waals surface area contributed by atoms with Crippen molar-refractivity contribution in [2.45, 2.75) is 38.8 Å². The minimum absolute atomic E-state index is 0.229. The van der Waals surface area contributed by atoms with Crippen LogP contribution in [0.1, 0.15) is 23.6 Å². The Kier molecular flexibility index (Phi) is 11.3. The predicted molar refractivity (Wildman–Crippen MR) is 123 cm³/mol. The van der Waals surface area contributed by atoms with Crippen LogP contribution in [0, 0.1) is 12.3 Å². The number of alkyl halides is 6. The number of hydrogen-bond acceptors (Lipinski definition) is 7. The van der Waals surface area contributed by atoms with Crippen LogP contribution in [-0.4, -0.2) is 88.7 Å². The summed E-state index contributed by atoms with van der Waals surface area (Å²) in [7, 11) is 0. The number of carboxylic acids is 2. The number of carbonyl (C=O) groups is 2. The molecule has 4 heterocycles. The Balaban J connectivity index is 0.000000317. The van der Waals surface area contributed by atoms with E-state index in [0.717, 1.165) is 69.6 Å². The van der Waals surface area contributed by atoms with Crippen LogP contribution in [0.5, 0.6) is 0 Å². The third-order valence-corrected chi connectivity index (χ3v) is 5.81. The Morgan fingerprint density at radius 2 is 1.54 bits per heavy atom. The zero-order valence-corrected chi connectivity index (χ0v) is 21.0. The summed E-state index contributed by atoms with van der Waals surface area (Å²) in [5.74, 6) is -4.47. The zero-order valence-electron chi connectivity index (χ0n) is 21.0. The molecule has 0 aromatic carbocycles. The Bertz CT molecular complexity index is 1040. The number of carboxylic acid groups (broad SMARTS) is 2. The fraction of sp³-hybridized carbons (Fsp3) is 0.542. The lowest BCUT2D eigenvalue weighted by Crippen LogP contribution is -2.40. The van der Waals surface area contributed by atoms with E-state index in [4.69, 9.17) is 29.0 Å². The smallest absolute Gasteiger partial charge is 0.475 e. The first-order valence-corrected chi connectivity index (χ1v) is 11.7. The molecule has 0 bridgehead atoms. The van der Waals surface area contributed by atoms with Gasteiger partial charge in [-0.3, -0.25) is 14.8 Å². The molecule has 2 saturated heterocycles. The number of aryl methyl sites for hydroxylation is 1. The molecule has 9 nitrogen and oxygen atoms in total. The monoisotopic (exact) mass is 569 g/mol. The summed E-state index contributed by atoms with van der Waals surface area (Å²) in [6, 6.07) is 10.3. The van der Waals surface area contributed by atoms with Crippen LogP contribution < -0.4 is 0 Å². The van der Waals surface area contributed by atoms with Gasteiger partial charge >= 0.3 is 24.3 Å². The number of hydrogen-bond donors (Lipinski definition) is 2. The minimum Gasteiger partial charge on any atom is -0.475 e. The lowest BCUT2D eigenvalue weighted by molar-refractivity contribution is -0.193. The number of rotatable bonds is 4. The summed E-state index contributed by atoms with van der Waals surface area (Å²) < 4.78 is 75.0. The first kappa shape index (κ1) is 32.0. The number of nitrogens with zero attached hydrogens (tertiary/aromatic N) is 3. The average molecular weight is 569 g/mol. The van der Waals surface area contributed by atoms with Crippen LogP contribution in [0.3, 0.4) is 0 Å². The van der Waals surface area contributed by atoms with Crippen molar-refractivity contribution in [1.82, 2.24) is 14.8 Å². The zero-order chi connectivity index (χ0) is 29.3. The first-order valence-electron chi connectivity index (χ1n) is 11.7. The SMILES string of the molecule is Cc1cccc(CN2CCOCC3(CCN(Cc4ccco4)C3)C2)n1.O=C(O)C(F)(F)F.O=C(O)C(F)(F)F. The number of pyridine rings is 1. The molecule has 2 aromatic heterocycles. The van der Waals surface area contributed by atoms with Crippen molar-refractivity contribution in [2.75, 3.05) is 39.4 Å². The number of likely N-dealkylation sites (tertiary alicyclic amines) is 1. The lowest BCUT2D eigenvalue weighted by Gasteiger charge is -2.31. The molecule has 39 heavy (non-hydrogen) atoms. The second-order valence-corrected chi connectivity index (χ2v) is 9.18. The van der Waals surface area contributed by atoms with Gasteiger partial charge in [-0.25, -0.2) is 9.59 Å². The Hall–Kier alpha value is -3.17. The van der Waals surface area contributed by atoms with E-state index in [1.165, 1.54) is 6.42 Å². The molecule has 1 unspecified atom stereocenters. The fourth-order valence-corrected chi connectivity index (χ4v) is 4.17. The summed E-state index contributed by atoms with van der Waals surface area (Å²) in [6.45, 7) is 9.78. The molecule has 0 saturated carbocycles. The van der Waals surface area contributed by atoms with Crippen LogP contribution in [0.15, 0.2) is 41.0 Å². The molecule has 15 heteroatoms. The van der Waals surface area contributed by atoms with E-state index in [-0.39, 0.29) is 5.41 Å². The summed E-state index contributed by atoms with van der Waals surface area (Å²) in [5.41, 5.74) is 2.47. The number of halogens is 6. The van der Waals surface area contributed by atoms with Crippen molar-refractivity contribution in [3.8, 4) is 0 Å². The molecule has 1 atom stereocenters. The maximum atomic E-state index is 10.6. The van der Waals surface area contributed by atoms with Crippen LogP contribution in [0.2, 0.25) is 0 Å². The summed E-state index contributed by atoms with van der Waals surface area (Å²) >= 11 is 0. The van der Waals surface area contributed by atoms with E-state index >= 15 is 0 Å². The van der Waals surface area contributed by atoms with Crippen LogP contribution in [0.25, 0.3) is 0 Å². The summed E-state index contributed by atoms with van der Waals surface area (Å²) in [5, 5.41) is 14.2. The van der Waals surface area contributed by atoms with Gasteiger partial charge in [0, 0.05) is 37.3 Å². The molecule has 2 fully saturated rings. The highest BCUT2D eigenvalue weighted by Gasteiger charge is 2.41. The lowest BCUT2D eigenvalue weighted by atomic mass is 9.87. The summed E-state index contributed by atoms with van der Waals surface area (Å²) in [4.78, 5) is 27.5. The number of furan rings is 1. The molecular weight excluding hydrogens is 540 g/mol. The maximum Gasteiger partial charge on any atom is 0.490 e. The van der Waals surface area contributed by atoms with Crippen LogP contribution >= 0.6 is 0 Å². The van der Waals surface area contributed by atoms with E-state index < -0.39 is 24.3 Å². The predicted octanol–water partition coefficient (Wildman–Crippen LogP) is 3.97.